The maximum Gasteiger partial charge on any atom is 0.124 e. The van der Waals surface area contributed by atoms with Crippen molar-refractivity contribution in [3.8, 4) is 0 Å². The molecular weight excluding hydrogens is 279 g/mol. The van der Waals surface area contributed by atoms with E-state index in [2.05, 4.69) is 0 Å². The maximum absolute atomic E-state index is 13.0. The molecular formula is C16H16ClFO2. The Kier molecular flexibility index (Phi) is 5.12. The molecule has 4 heteroatoms. The van der Waals surface area contributed by atoms with Gasteiger partial charge in [-0.1, -0.05) is 48.0 Å². The molecule has 106 valence electrons. The number of methoxy groups -OCH3 is 1. The zero-order chi connectivity index (χ0) is 14.5. The first-order valence-electron chi connectivity index (χ1n) is 6.31. The molecule has 0 aliphatic rings. The van der Waals surface area contributed by atoms with E-state index in [1.165, 1.54) is 12.1 Å². The Labute approximate surface area is 122 Å². The van der Waals surface area contributed by atoms with Gasteiger partial charge in [0.15, 0.2) is 0 Å². The van der Waals surface area contributed by atoms with E-state index in [0.717, 1.165) is 5.56 Å². The summed E-state index contributed by atoms with van der Waals surface area (Å²) in [4.78, 5) is 0. The van der Waals surface area contributed by atoms with Crippen molar-refractivity contribution in [3.05, 3.63) is 70.5 Å². The van der Waals surface area contributed by atoms with E-state index in [1.54, 1.807) is 13.2 Å². The summed E-state index contributed by atoms with van der Waals surface area (Å²) in [7, 11) is 1.55. The minimum Gasteiger partial charge on any atom is -0.390 e. The fraction of sp³-hybridized carbons (Fsp3) is 0.250. The Morgan fingerprint density at radius 1 is 1.20 bits per heavy atom. The molecule has 0 aliphatic heterocycles. The van der Waals surface area contributed by atoms with Gasteiger partial charge in [0, 0.05) is 18.6 Å². The number of aliphatic hydroxyl groups is 1. The molecule has 0 radical (unpaired) electrons. The molecule has 0 spiro atoms. The maximum atomic E-state index is 13.0. The van der Waals surface area contributed by atoms with Crippen molar-refractivity contribution >= 4 is 11.6 Å². The molecule has 20 heavy (non-hydrogen) atoms. The molecule has 2 unspecified atom stereocenters. The van der Waals surface area contributed by atoms with Crippen molar-refractivity contribution in [2.45, 2.75) is 18.6 Å². The number of ether oxygens (including phenoxy) is 1. The highest BCUT2D eigenvalue weighted by atomic mass is 35.5. The van der Waals surface area contributed by atoms with E-state index in [1.807, 2.05) is 30.3 Å². The standard InChI is InChI=1S/C16H16ClFO2/c1-20-16(11-5-3-2-4-6-11)15(19)9-12-7-8-13(18)10-14(12)17/h2-8,10,15-16,19H,9H2,1H3. The van der Waals surface area contributed by atoms with Crippen molar-refractivity contribution in [2.75, 3.05) is 7.11 Å². The molecule has 0 saturated heterocycles. The van der Waals surface area contributed by atoms with Crippen LogP contribution in [-0.4, -0.2) is 18.3 Å². The summed E-state index contributed by atoms with van der Waals surface area (Å²) in [5.41, 5.74) is 1.58. The Morgan fingerprint density at radius 3 is 2.50 bits per heavy atom. The molecule has 1 N–H and O–H groups in total. The van der Waals surface area contributed by atoms with Gasteiger partial charge in [-0.3, -0.25) is 0 Å². The number of halogens is 2. The smallest absolute Gasteiger partial charge is 0.124 e. The second-order valence-corrected chi connectivity index (χ2v) is 4.98. The first-order chi connectivity index (χ1) is 9.61. The van der Waals surface area contributed by atoms with E-state index < -0.39 is 12.2 Å². The van der Waals surface area contributed by atoms with Crippen LogP contribution in [0, 0.1) is 5.82 Å². The van der Waals surface area contributed by atoms with E-state index in [-0.39, 0.29) is 5.82 Å². The molecule has 0 fully saturated rings. The van der Waals surface area contributed by atoms with Gasteiger partial charge in [-0.05, 0) is 23.3 Å². The first kappa shape index (κ1) is 15.0. The second kappa shape index (κ2) is 6.84. The normalized spacial score (nSPS) is 14.0. The molecule has 2 aromatic carbocycles. The third kappa shape index (κ3) is 3.57. The Hall–Kier alpha value is -1.42. The Morgan fingerprint density at radius 2 is 1.90 bits per heavy atom. The zero-order valence-electron chi connectivity index (χ0n) is 11.1. The lowest BCUT2D eigenvalue weighted by molar-refractivity contribution is -0.0128. The summed E-state index contributed by atoms with van der Waals surface area (Å²) in [6.45, 7) is 0. The van der Waals surface area contributed by atoms with Crippen LogP contribution < -0.4 is 0 Å². The number of aliphatic hydroxyl groups excluding tert-OH is 1. The van der Waals surface area contributed by atoms with Crippen molar-refractivity contribution in [2.24, 2.45) is 0 Å². The van der Waals surface area contributed by atoms with E-state index >= 15 is 0 Å². The van der Waals surface area contributed by atoms with Crippen LogP contribution in [0.25, 0.3) is 0 Å². The SMILES string of the molecule is COC(c1ccccc1)C(O)Cc1ccc(F)cc1Cl. The van der Waals surface area contributed by atoms with Gasteiger partial charge in [0.2, 0.25) is 0 Å². The van der Waals surface area contributed by atoms with E-state index in [4.69, 9.17) is 16.3 Å². The molecule has 2 rings (SSSR count). The van der Waals surface area contributed by atoms with Gasteiger partial charge in [0.25, 0.3) is 0 Å². The van der Waals surface area contributed by atoms with Gasteiger partial charge in [-0.15, -0.1) is 0 Å². The summed E-state index contributed by atoms with van der Waals surface area (Å²) in [6.07, 6.45) is -0.908. The van der Waals surface area contributed by atoms with Gasteiger partial charge < -0.3 is 9.84 Å². The highest BCUT2D eigenvalue weighted by Crippen LogP contribution is 2.26. The monoisotopic (exact) mass is 294 g/mol. The van der Waals surface area contributed by atoms with Gasteiger partial charge in [-0.2, -0.15) is 0 Å². The molecule has 0 amide bonds. The molecule has 0 aliphatic carbocycles. The van der Waals surface area contributed by atoms with Crippen LogP contribution >= 0.6 is 11.6 Å². The second-order valence-electron chi connectivity index (χ2n) is 4.57. The van der Waals surface area contributed by atoms with Crippen LogP contribution in [0.3, 0.4) is 0 Å². The van der Waals surface area contributed by atoms with Crippen LogP contribution in [0.5, 0.6) is 0 Å². The van der Waals surface area contributed by atoms with Gasteiger partial charge in [-0.25, -0.2) is 4.39 Å². The summed E-state index contributed by atoms with van der Waals surface area (Å²) < 4.78 is 18.4. The largest absolute Gasteiger partial charge is 0.390 e. The van der Waals surface area contributed by atoms with E-state index in [0.29, 0.717) is 17.0 Å². The fourth-order valence-electron chi connectivity index (χ4n) is 2.18. The molecule has 2 aromatic rings. The molecule has 0 heterocycles. The zero-order valence-corrected chi connectivity index (χ0v) is 11.8. The average Bonchev–Trinajstić information content (AvgIpc) is 2.44. The third-order valence-corrected chi connectivity index (χ3v) is 3.53. The van der Waals surface area contributed by atoms with Crippen LogP contribution in [0.2, 0.25) is 5.02 Å². The predicted molar refractivity (Wildman–Crippen MR) is 77.3 cm³/mol. The number of rotatable bonds is 5. The predicted octanol–water partition coefficient (Wildman–Crippen LogP) is 3.77. The summed E-state index contributed by atoms with van der Waals surface area (Å²) >= 11 is 5.98. The minimum absolute atomic E-state index is 0.298. The van der Waals surface area contributed by atoms with Crippen molar-refractivity contribution in [1.29, 1.82) is 0 Å². The molecule has 0 bridgehead atoms. The molecule has 0 aromatic heterocycles. The summed E-state index contributed by atoms with van der Waals surface area (Å²) in [6, 6.07) is 13.6. The summed E-state index contributed by atoms with van der Waals surface area (Å²) in [5, 5.41) is 10.6. The van der Waals surface area contributed by atoms with E-state index in [9.17, 15) is 9.50 Å². The van der Waals surface area contributed by atoms with Crippen LogP contribution in [0.1, 0.15) is 17.2 Å². The number of hydrogen-bond acceptors (Lipinski definition) is 2. The fourth-order valence-corrected chi connectivity index (χ4v) is 2.42. The lowest BCUT2D eigenvalue weighted by Gasteiger charge is -2.22. The summed E-state index contributed by atoms with van der Waals surface area (Å²) in [5.74, 6) is -0.389. The lowest BCUT2D eigenvalue weighted by Crippen LogP contribution is -2.22. The highest BCUT2D eigenvalue weighted by molar-refractivity contribution is 6.31. The topological polar surface area (TPSA) is 29.5 Å². The number of benzene rings is 2. The highest BCUT2D eigenvalue weighted by Gasteiger charge is 2.21. The van der Waals surface area contributed by atoms with Gasteiger partial charge >= 0.3 is 0 Å². The van der Waals surface area contributed by atoms with Crippen LogP contribution in [-0.2, 0) is 11.2 Å². The minimum atomic E-state index is -0.759. The Balaban J connectivity index is 2.15. The van der Waals surface area contributed by atoms with Gasteiger partial charge in [0.05, 0.1) is 6.10 Å². The van der Waals surface area contributed by atoms with Gasteiger partial charge in [0.1, 0.15) is 11.9 Å². The quantitative estimate of drug-likeness (QED) is 0.909. The number of hydrogen-bond donors (Lipinski definition) is 1. The molecule has 2 atom stereocenters. The molecule has 2 nitrogen and oxygen atoms in total. The first-order valence-corrected chi connectivity index (χ1v) is 6.69. The van der Waals surface area contributed by atoms with Crippen LogP contribution in [0.15, 0.2) is 48.5 Å². The van der Waals surface area contributed by atoms with Crippen molar-refractivity contribution in [1.82, 2.24) is 0 Å². The van der Waals surface area contributed by atoms with Crippen LogP contribution in [0.4, 0.5) is 4.39 Å². The van der Waals surface area contributed by atoms with Crippen molar-refractivity contribution in [3.63, 3.8) is 0 Å². The lowest BCUT2D eigenvalue weighted by atomic mass is 9.98. The Bertz CT molecular complexity index is 560. The van der Waals surface area contributed by atoms with Crippen molar-refractivity contribution < 1.29 is 14.2 Å². The molecule has 0 saturated carbocycles. The average molecular weight is 295 g/mol. The third-order valence-electron chi connectivity index (χ3n) is 3.18.